The third-order valence-corrected chi connectivity index (χ3v) is 5.01. The molecule has 0 spiro atoms. The van der Waals surface area contributed by atoms with Gasteiger partial charge >= 0.3 is 0 Å². The van der Waals surface area contributed by atoms with Gasteiger partial charge in [-0.1, -0.05) is 31.9 Å². The molecule has 0 saturated carbocycles. The third-order valence-electron chi connectivity index (χ3n) is 4.61. The molecule has 1 aliphatic rings. The van der Waals surface area contributed by atoms with Crippen LogP contribution in [0.4, 0.5) is 0 Å². The molecule has 1 amide bonds. The van der Waals surface area contributed by atoms with Gasteiger partial charge in [-0.25, -0.2) is 0 Å². The summed E-state index contributed by atoms with van der Waals surface area (Å²) in [5.41, 5.74) is 1.74. The summed E-state index contributed by atoms with van der Waals surface area (Å²) in [4.78, 5) is 14.5. The third kappa shape index (κ3) is 4.37. The van der Waals surface area contributed by atoms with Gasteiger partial charge in [0.15, 0.2) is 0 Å². The van der Waals surface area contributed by atoms with Crippen LogP contribution in [0, 0.1) is 6.92 Å². The Bertz CT molecular complexity index is 565. The highest BCUT2D eigenvalue weighted by atomic mass is 35.5. The molecule has 5 heteroatoms. The molecule has 4 nitrogen and oxygen atoms in total. The monoisotopic (exact) mass is 337 g/mol. The fraction of sp³-hybridized carbons (Fsp3) is 0.667. The lowest BCUT2D eigenvalue weighted by Gasteiger charge is -2.34. The van der Waals surface area contributed by atoms with Crippen LogP contribution in [0.1, 0.15) is 63.6 Å². The van der Waals surface area contributed by atoms with Gasteiger partial charge in [0.05, 0.1) is 5.69 Å². The Kier molecular flexibility index (Phi) is 6.70. The van der Waals surface area contributed by atoms with Crippen LogP contribution in [0.3, 0.4) is 0 Å². The maximum Gasteiger partial charge on any atom is 0.246 e. The van der Waals surface area contributed by atoms with Crippen molar-refractivity contribution in [1.82, 2.24) is 14.7 Å². The minimum Gasteiger partial charge on any atom is -0.336 e. The highest BCUT2D eigenvalue weighted by Crippen LogP contribution is 2.23. The molecule has 2 heterocycles. The van der Waals surface area contributed by atoms with Gasteiger partial charge in [0.1, 0.15) is 5.15 Å². The van der Waals surface area contributed by atoms with E-state index in [0.717, 1.165) is 56.5 Å². The molecule has 1 saturated heterocycles. The van der Waals surface area contributed by atoms with Crippen molar-refractivity contribution in [2.75, 3.05) is 6.54 Å². The van der Waals surface area contributed by atoms with Crippen LogP contribution < -0.4 is 0 Å². The Morgan fingerprint density at radius 2 is 2.17 bits per heavy atom. The number of aryl methyl sites for hydroxylation is 2. The van der Waals surface area contributed by atoms with Crippen LogP contribution in [0.5, 0.6) is 0 Å². The van der Waals surface area contributed by atoms with Gasteiger partial charge in [0, 0.05) is 30.8 Å². The number of hydrogen-bond donors (Lipinski definition) is 0. The van der Waals surface area contributed by atoms with Crippen molar-refractivity contribution in [2.24, 2.45) is 0 Å². The molecule has 128 valence electrons. The number of amides is 1. The number of hydrogen-bond acceptors (Lipinski definition) is 2. The number of halogens is 1. The first-order chi connectivity index (χ1) is 11.1. The van der Waals surface area contributed by atoms with Crippen molar-refractivity contribution in [1.29, 1.82) is 0 Å². The Balaban J connectivity index is 2.10. The molecule has 0 aliphatic carbocycles. The predicted octanol–water partition coefficient (Wildman–Crippen LogP) is 4.45. The van der Waals surface area contributed by atoms with E-state index in [1.54, 1.807) is 6.08 Å². The van der Waals surface area contributed by atoms with Crippen LogP contribution in [-0.2, 0) is 11.3 Å². The van der Waals surface area contributed by atoms with Crippen molar-refractivity contribution in [3.63, 3.8) is 0 Å². The molecule has 0 radical (unpaired) electrons. The molecule has 0 N–H and O–H groups in total. The van der Waals surface area contributed by atoms with E-state index in [9.17, 15) is 4.79 Å². The van der Waals surface area contributed by atoms with E-state index in [4.69, 9.17) is 11.6 Å². The van der Waals surface area contributed by atoms with Gasteiger partial charge < -0.3 is 4.90 Å². The number of rotatable bonds is 6. The van der Waals surface area contributed by atoms with E-state index >= 15 is 0 Å². The van der Waals surface area contributed by atoms with Crippen LogP contribution in [0.15, 0.2) is 6.08 Å². The SMILES string of the molecule is CCCCn1nc(C)c(C=CC(=O)N2CCCCC2CC)c1Cl. The van der Waals surface area contributed by atoms with Crippen molar-refractivity contribution in [3.8, 4) is 0 Å². The standard InChI is InChI=1S/C18H28ClN3O/c1-4-6-13-22-18(19)16(14(3)20-22)10-11-17(23)21-12-8-7-9-15(21)5-2/h10-11,15H,4-9,12-13H2,1-3H3. The zero-order valence-corrected chi connectivity index (χ0v) is 15.3. The smallest absolute Gasteiger partial charge is 0.246 e. The first kappa shape index (κ1) is 18.1. The predicted molar refractivity (Wildman–Crippen MR) is 95.6 cm³/mol. The summed E-state index contributed by atoms with van der Waals surface area (Å²) in [6.45, 7) is 7.92. The quantitative estimate of drug-likeness (QED) is 0.719. The normalized spacial score (nSPS) is 18.8. The number of aromatic nitrogens is 2. The van der Waals surface area contributed by atoms with E-state index in [2.05, 4.69) is 18.9 Å². The fourth-order valence-electron chi connectivity index (χ4n) is 3.18. The van der Waals surface area contributed by atoms with Crippen molar-refractivity contribution < 1.29 is 4.79 Å². The second kappa shape index (κ2) is 8.53. The number of carbonyl (C=O) groups is 1. The van der Waals surface area contributed by atoms with E-state index in [1.807, 2.05) is 22.6 Å². The van der Waals surface area contributed by atoms with E-state index < -0.39 is 0 Å². The van der Waals surface area contributed by atoms with Crippen molar-refractivity contribution in [2.45, 2.75) is 71.9 Å². The molecule has 1 aliphatic heterocycles. The highest BCUT2D eigenvalue weighted by Gasteiger charge is 2.23. The lowest BCUT2D eigenvalue weighted by atomic mass is 10.00. The molecule has 0 aromatic carbocycles. The van der Waals surface area contributed by atoms with Crippen molar-refractivity contribution >= 4 is 23.6 Å². The fourth-order valence-corrected chi connectivity index (χ4v) is 3.50. The van der Waals surface area contributed by atoms with Crippen LogP contribution in [-0.4, -0.2) is 33.2 Å². The molecule has 23 heavy (non-hydrogen) atoms. The minimum atomic E-state index is 0.0910. The second-order valence-corrected chi connectivity index (χ2v) is 6.65. The van der Waals surface area contributed by atoms with Crippen LogP contribution >= 0.6 is 11.6 Å². The van der Waals surface area contributed by atoms with Crippen molar-refractivity contribution in [3.05, 3.63) is 22.5 Å². The number of piperidine rings is 1. The van der Waals surface area contributed by atoms with Gasteiger partial charge in [0.25, 0.3) is 0 Å². The van der Waals surface area contributed by atoms with Gasteiger partial charge in [0.2, 0.25) is 5.91 Å². The molecular weight excluding hydrogens is 310 g/mol. The number of carbonyl (C=O) groups excluding carboxylic acids is 1. The maximum atomic E-state index is 12.5. The molecule has 2 rings (SSSR count). The number of unbranched alkanes of at least 4 members (excludes halogenated alkanes) is 1. The Hall–Kier alpha value is -1.29. The average molecular weight is 338 g/mol. The lowest BCUT2D eigenvalue weighted by Crippen LogP contribution is -2.42. The largest absolute Gasteiger partial charge is 0.336 e. The number of likely N-dealkylation sites (tertiary alicyclic amines) is 1. The highest BCUT2D eigenvalue weighted by molar-refractivity contribution is 6.31. The number of nitrogens with zero attached hydrogens (tertiary/aromatic N) is 3. The molecule has 1 atom stereocenters. The molecule has 1 aromatic heterocycles. The molecule has 1 unspecified atom stereocenters. The summed E-state index contributed by atoms with van der Waals surface area (Å²) in [7, 11) is 0. The van der Waals surface area contributed by atoms with Gasteiger partial charge in [-0.05, 0) is 45.1 Å². The molecule has 0 bridgehead atoms. The Morgan fingerprint density at radius 3 is 2.87 bits per heavy atom. The summed E-state index contributed by atoms with van der Waals surface area (Å²) in [6, 6.07) is 0.379. The minimum absolute atomic E-state index is 0.0910. The summed E-state index contributed by atoms with van der Waals surface area (Å²) in [5, 5.41) is 5.11. The zero-order chi connectivity index (χ0) is 16.8. The second-order valence-electron chi connectivity index (χ2n) is 6.29. The first-order valence-corrected chi connectivity index (χ1v) is 9.17. The van der Waals surface area contributed by atoms with E-state index in [-0.39, 0.29) is 5.91 Å². The molecule has 1 aromatic rings. The average Bonchev–Trinajstić information content (AvgIpc) is 2.84. The lowest BCUT2D eigenvalue weighted by molar-refractivity contribution is -0.129. The van der Waals surface area contributed by atoms with Crippen LogP contribution in [0.2, 0.25) is 5.15 Å². The molecular formula is C18H28ClN3O. The van der Waals surface area contributed by atoms with Gasteiger partial charge in [-0.15, -0.1) is 0 Å². The van der Waals surface area contributed by atoms with E-state index in [1.165, 1.54) is 6.42 Å². The Morgan fingerprint density at radius 1 is 1.39 bits per heavy atom. The topological polar surface area (TPSA) is 38.1 Å². The summed E-state index contributed by atoms with van der Waals surface area (Å²) < 4.78 is 1.83. The Labute approximate surface area is 144 Å². The van der Waals surface area contributed by atoms with Gasteiger partial charge in [-0.2, -0.15) is 5.10 Å². The zero-order valence-electron chi connectivity index (χ0n) is 14.5. The first-order valence-electron chi connectivity index (χ1n) is 8.80. The van der Waals surface area contributed by atoms with Crippen LogP contribution in [0.25, 0.3) is 6.08 Å². The van der Waals surface area contributed by atoms with E-state index in [0.29, 0.717) is 11.2 Å². The van der Waals surface area contributed by atoms with Gasteiger partial charge in [-0.3, -0.25) is 9.48 Å². The maximum absolute atomic E-state index is 12.5. The molecule has 1 fully saturated rings. The summed E-state index contributed by atoms with van der Waals surface area (Å²) in [6.07, 6.45) is 10.1. The summed E-state index contributed by atoms with van der Waals surface area (Å²) >= 11 is 6.41. The summed E-state index contributed by atoms with van der Waals surface area (Å²) in [5.74, 6) is 0.0910.